The van der Waals surface area contributed by atoms with Crippen molar-refractivity contribution < 1.29 is 0 Å². The average molecular weight is 250 g/mol. The van der Waals surface area contributed by atoms with Gasteiger partial charge in [-0.25, -0.2) is 4.98 Å². The highest BCUT2D eigenvalue weighted by Crippen LogP contribution is 2.07. The minimum atomic E-state index is 0.567. The molecule has 0 radical (unpaired) electrons. The first-order valence-corrected chi connectivity index (χ1v) is 6.71. The Bertz CT molecular complexity index is 366. The Morgan fingerprint density at radius 2 is 1.72 bits per heavy atom. The summed E-state index contributed by atoms with van der Waals surface area (Å²) in [4.78, 5) is 11.2. The Balaban J connectivity index is 2.47. The van der Waals surface area contributed by atoms with Gasteiger partial charge in [0.15, 0.2) is 0 Å². The topological polar surface area (TPSA) is 41.1 Å². The van der Waals surface area contributed by atoms with Crippen molar-refractivity contribution in [3.05, 3.63) is 17.6 Å². The molecule has 0 aliphatic carbocycles. The van der Waals surface area contributed by atoms with E-state index >= 15 is 0 Å². The number of aryl methyl sites for hydroxylation is 2. The van der Waals surface area contributed by atoms with E-state index in [2.05, 4.69) is 47.9 Å². The van der Waals surface area contributed by atoms with Crippen LogP contribution < -0.4 is 5.32 Å². The van der Waals surface area contributed by atoms with Crippen LogP contribution in [0.1, 0.15) is 39.1 Å². The van der Waals surface area contributed by atoms with Crippen LogP contribution >= 0.6 is 0 Å². The highest BCUT2D eigenvalue weighted by Gasteiger charge is 2.12. The minimum absolute atomic E-state index is 0.567. The summed E-state index contributed by atoms with van der Waals surface area (Å²) in [6, 6.07) is 1.13. The highest BCUT2D eigenvalue weighted by atomic mass is 15.2. The molecule has 0 saturated heterocycles. The van der Waals surface area contributed by atoms with Crippen LogP contribution in [-0.2, 0) is 0 Å². The van der Waals surface area contributed by atoms with Gasteiger partial charge in [-0.1, -0.05) is 0 Å². The van der Waals surface area contributed by atoms with Gasteiger partial charge in [0.25, 0.3) is 0 Å². The number of rotatable bonds is 6. The van der Waals surface area contributed by atoms with E-state index in [9.17, 15) is 0 Å². The molecule has 0 aliphatic heterocycles. The second kappa shape index (κ2) is 6.69. The number of hydrogen-bond donors (Lipinski definition) is 1. The van der Waals surface area contributed by atoms with Crippen LogP contribution in [0.3, 0.4) is 0 Å². The molecule has 0 aliphatic rings. The van der Waals surface area contributed by atoms with Crippen LogP contribution in [0.15, 0.2) is 6.20 Å². The van der Waals surface area contributed by atoms with Gasteiger partial charge < -0.3 is 5.32 Å². The molecule has 1 rings (SSSR count). The van der Waals surface area contributed by atoms with Crippen molar-refractivity contribution >= 4 is 5.82 Å². The van der Waals surface area contributed by atoms with Gasteiger partial charge in [0.1, 0.15) is 5.82 Å². The monoisotopic (exact) mass is 250 g/mol. The molecule has 102 valence electrons. The summed E-state index contributed by atoms with van der Waals surface area (Å²) >= 11 is 0. The molecule has 1 aromatic rings. The normalized spacial score (nSPS) is 11.6. The fraction of sp³-hybridized carbons (Fsp3) is 0.714. The van der Waals surface area contributed by atoms with Crippen LogP contribution in [0, 0.1) is 13.8 Å². The summed E-state index contributed by atoms with van der Waals surface area (Å²) in [5, 5.41) is 3.34. The van der Waals surface area contributed by atoms with E-state index in [0.717, 1.165) is 30.3 Å². The van der Waals surface area contributed by atoms with E-state index in [1.54, 1.807) is 6.20 Å². The van der Waals surface area contributed by atoms with Gasteiger partial charge in [-0.2, -0.15) is 0 Å². The standard InChI is InChI=1S/C14H26N4/c1-10(2)18(11(3)4)8-7-15-14-9-16-12(5)13(6)17-14/h9-11H,7-8H2,1-6H3,(H,15,17). The van der Waals surface area contributed by atoms with Crippen molar-refractivity contribution in [2.24, 2.45) is 0 Å². The zero-order chi connectivity index (χ0) is 13.7. The van der Waals surface area contributed by atoms with Crippen LogP contribution in [0.5, 0.6) is 0 Å². The lowest BCUT2D eigenvalue weighted by Crippen LogP contribution is -2.40. The van der Waals surface area contributed by atoms with Crippen LogP contribution in [-0.4, -0.2) is 40.0 Å². The lowest BCUT2D eigenvalue weighted by molar-refractivity contribution is 0.182. The number of nitrogens with one attached hydrogen (secondary N) is 1. The Morgan fingerprint density at radius 3 is 2.22 bits per heavy atom. The second-order valence-electron chi connectivity index (χ2n) is 5.28. The SMILES string of the molecule is Cc1ncc(NCCN(C(C)C)C(C)C)nc1C. The molecule has 1 heterocycles. The van der Waals surface area contributed by atoms with Crippen molar-refractivity contribution in [3.63, 3.8) is 0 Å². The van der Waals surface area contributed by atoms with Gasteiger partial charge in [-0.3, -0.25) is 9.88 Å². The quantitative estimate of drug-likeness (QED) is 0.842. The van der Waals surface area contributed by atoms with Crippen LogP contribution in [0.4, 0.5) is 5.82 Å². The maximum atomic E-state index is 4.47. The Hall–Kier alpha value is -1.16. The van der Waals surface area contributed by atoms with E-state index in [0.29, 0.717) is 12.1 Å². The molecule has 0 fully saturated rings. The molecule has 0 bridgehead atoms. The van der Waals surface area contributed by atoms with E-state index < -0.39 is 0 Å². The fourth-order valence-corrected chi connectivity index (χ4v) is 2.05. The predicted molar refractivity (Wildman–Crippen MR) is 77.0 cm³/mol. The third-order valence-electron chi connectivity index (χ3n) is 3.19. The van der Waals surface area contributed by atoms with Crippen molar-refractivity contribution in [2.75, 3.05) is 18.4 Å². The third kappa shape index (κ3) is 4.26. The summed E-state index contributed by atoms with van der Waals surface area (Å²) in [5.41, 5.74) is 1.98. The van der Waals surface area contributed by atoms with Crippen molar-refractivity contribution in [2.45, 2.75) is 53.6 Å². The molecule has 0 unspecified atom stereocenters. The molecule has 0 amide bonds. The van der Waals surface area contributed by atoms with Gasteiger partial charge in [0, 0.05) is 25.2 Å². The Kier molecular flexibility index (Phi) is 5.54. The first-order chi connectivity index (χ1) is 8.41. The molecular formula is C14H26N4. The average Bonchev–Trinajstić information content (AvgIpc) is 2.28. The first-order valence-electron chi connectivity index (χ1n) is 6.71. The van der Waals surface area contributed by atoms with Crippen molar-refractivity contribution in [3.8, 4) is 0 Å². The molecule has 1 N–H and O–H groups in total. The Labute approximate surface area is 111 Å². The second-order valence-corrected chi connectivity index (χ2v) is 5.28. The molecule has 18 heavy (non-hydrogen) atoms. The zero-order valence-electron chi connectivity index (χ0n) is 12.5. The predicted octanol–water partition coefficient (Wildman–Crippen LogP) is 2.62. The maximum Gasteiger partial charge on any atom is 0.144 e. The summed E-state index contributed by atoms with van der Waals surface area (Å²) in [6.45, 7) is 14.8. The van der Waals surface area contributed by atoms with E-state index in [4.69, 9.17) is 0 Å². The smallest absolute Gasteiger partial charge is 0.144 e. The van der Waals surface area contributed by atoms with Gasteiger partial charge in [-0.15, -0.1) is 0 Å². The number of aromatic nitrogens is 2. The molecule has 0 atom stereocenters. The maximum absolute atomic E-state index is 4.47. The molecule has 0 aromatic carbocycles. The fourth-order valence-electron chi connectivity index (χ4n) is 2.05. The zero-order valence-corrected chi connectivity index (χ0v) is 12.5. The highest BCUT2D eigenvalue weighted by molar-refractivity contribution is 5.33. The van der Waals surface area contributed by atoms with Crippen LogP contribution in [0.2, 0.25) is 0 Å². The summed E-state index contributed by atoms with van der Waals surface area (Å²) in [6.07, 6.45) is 1.80. The van der Waals surface area contributed by atoms with Gasteiger partial charge in [0.05, 0.1) is 17.6 Å². The molecule has 4 nitrogen and oxygen atoms in total. The number of nitrogens with zero attached hydrogens (tertiary/aromatic N) is 3. The van der Waals surface area contributed by atoms with Gasteiger partial charge in [-0.05, 0) is 41.5 Å². The summed E-state index contributed by atoms with van der Waals surface area (Å²) < 4.78 is 0. The summed E-state index contributed by atoms with van der Waals surface area (Å²) in [5.74, 6) is 0.866. The van der Waals surface area contributed by atoms with Gasteiger partial charge in [0.2, 0.25) is 0 Å². The number of hydrogen-bond acceptors (Lipinski definition) is 4. The van der Waals surface area contributed by atoms with E-state index in [-0.39, 0.29) is 0 Å². The van der Waals surface area contributed by atoms with Crippen molar-refractivity contribution in [1.82, 2.24) is 14.9 Å². The van der Waals surface area contributed by atoms with E-state index in [1.165, 1.54) is 0 Å². The number of anilines is 1. The lowest BCUT2D eigenvalue weighted by Gasteiger charge is -2.30. The molecule has 1 aromatic heterocycles. The van der Waals surface area contributed by atoms with E-state index in [1.807, 2.05) is 13.8 Å². The third-order valence-corrected chi connectivity index (χ3v) is 3.19. The van der Waals surface area contributed by atoms with Gasteiger partial charge >= 0.3 is 0 Å². The molecular weight excluding hydrogens is 224 g/mol. The lowest BCUT2D eigenvalue weighted by atomic mass is 10.2. The molecule has 0 spiro atoms. The Morgan fingerprint density at radius 1 is 1.11 bits per heavy atom. The van der Waals surface area contributed by atoms with Crippen molar-refractivity contribution in [1.29, 1.82) is 0 Å². The minimum Gasteiger partial charge on any atom is -0.368 e. The first kappa shape index (κ1) is 14.9. The molecule has 4 heteroatoms. The molecule has 0 saturated carbocycles. The van der Waals surface area contributed by atoms with Crippen LogP contribution in [0.25, 0.3) is 0 Å². The largest absolute Gasteiger partial charge is 0.368 e. The summed E-state index contributed by atoms with van der Waals surface area (Å²) in [7, 11) is 0.